The number of aryl methyl sites for hydroxylation is 1. The zero-order valence-corrected chi connectivity index (χ0v) is 11.8. The van der Waals surface area contributed by atoms with Crippen LogP contribution in [0.1, 0.15) is 11.3 Å². The van der Waals surface area contributed by atoms with E-state index >= 15 is 0 Å². The minimum absolute atomic E-state index is 0.0737. The summed E-state index contributed by atoms with van der Waals surface area (Å²) in [5.74, 6) is 0.583. The molecule has 7 heteroatoms. The zero-order chi connectivity index (χ0) is 13.3. The molecule has 0 saturated heterocycles. The number of nitrogens with zero attached hydrogens (tertiary/aromatic N) is 3. The normalized spacial score (nSPS) is 10.6. The van der Waals surface area contributed by atoms with E-state index in [1.54, 1.807) is 10.7 Å². The van der Waals surface area contributed by atoms with Crippen LogP contribution in [0.2, 0.25) is 0 Å². The minimum Gasteiger partial charge on any atom is -0.383 e. The van der Waals surface area contributed by atoms with Crippen molar-refractivity contribution in [1.82, 2.24) is 9.78 Å². The van der Waals surface area contributed by atoms with Crippen LogP contribution in [0.25, 0.3) is 0 Å². The van der Waals surface area contributed by atoms with Gasteiger partial charge in [0.05, 0.1) is 20.7 Å². The number of nitrogens with two attached hydrogens (primary N) is 1. The lowest BCUT2D eigenvalue weighted by molar-refractivity contribution is -0.384. The molecule has 0 radical (unpaired) electrons. The number of halogens is 1. The van der Waals surface area contributed by atoms with E-state index in [1.165, 1.54) is 12.1 Å². The highest BCUT2D eigenvalue weighted by molar-refractivity contribution is 14.1. The Bertz CT molecular complexity index is 609. The highest BCUT2D eigenvalue weighted by Gasteiger charge is 2.11. The summed E-state index contributed by atoms with van der Waals surface area (Å²) < 4.78 is 2.56. The van der Waals surface area contributed by atoms with E-state index in [1.807, 2.05) is 13.0 Å². The largest absolute Gasteiger partial charge is 0.383 e. The average molecular weight is 358 g/mol. The van der Waals surface area contributed by atoms with Gasteiger partial charge in [-0.1, -0.05) is 12.1 Å². The molecule has 18 heavy (non-hydrogen) atoms. The van der Waals surface area contributed by atoms with Gasteiger partial charge in [-0.05, 0) is 35.1 Å². The van der Waals surface area contributed by atoms with Gasteiger partial charge < -0.3 is 5.73 Å². The van der Waals surface area contributed by atoms with Crippen molar-refractivity contribution in [3.05, 3.63) is 49.2 Å². The molecule has 2 aromatic rings. The average Bonchev–Trinajstić information content (AvgIpc) is 2.57. The lowest BCUT2D eigenvalue weighted by Crippen LogP contribution is -2.06. The number of nitrogen functional groups attached to an aromatic ring is 1. The molecule has 1 aromatic carbocycles. The van der Waals surface area contributed by atoms with Crippen LogP contribution in [0.15, 0.2) is 24.3 Å². The number of nitro groups is 1. The predicted molar refractivity (Wildman–Crippen MR) is 76.3 cm³/mol. The maximum absolute atomic E-state index is 10.7. The van der Waals surface area contributed by atoms with E-state index in [0.717, 1.165) is 14.8 Å². The van der Waals surface area contributed by atoms with Crippen molar-refractivity contribution >= 4 is 34.1 Å². The third-order valence-electron chi connectivity index (χ3n) is 2.55. The molecule has 0 bridgehead atoms. The van der Waals surface area contributed by atoms with Gasteiger partial charge in [0.2, 0.25) is 0 Å². The lowest BCUT2D eigenvalue weighted by atomic mass is 10.2. The molecule has 0 spiro atoms. The Morgan fingerprint density at radius 2 is 2.28 bits per heavy atom. The molecule has 2 rings (SSSR count). The number of hydrogen-bond donors (Lipinski definition) is 1. The molecule has 94 valence electrons. The summed E-state index contributed by atoms with van der Waals surface area (Å²) in [6.45, 7) is 2.30. The van der Waals surface area contributed by atoms with Gasteiger partial charge >= 0.3 is 0 Å². The Balaban J connectivity index is 2.31. The number of anilines is 1. The monoisotopic (exact) mass is 358 g/mol. The van der Waals surface area contributed by atoms with Crippen molar-refractivity contribution < 1.29 is 4.92 Å². The standard InChI is InChI=1S/C11H11IN4O2/c1-7-10(12)11(13)15(14-7)6-8-3-2-4-9(5-8)16(17)18/h2-5H,6,13H2,1H3. The molecular weight excluding hydrogens is 347 g/mol. The molecule has 0 aliphatic carbocycles. The summed E-state index contributed by atoms with van der Waals surface area (Å²) in [7, 11) is 0. The van der Waals surface area contributed by atoms with Crippen LogP contribution in [-0.4, -0.2) is 14.7 Å². The molecule has 0 aliphatic rings. The molecule has 6 nitrogen and oxygen atoms in total. The summed E-state index contributed by atoms with van der Waals surface area (Å²) in [5.41, 5.74) is 7.64. The van der Waals surface area contributed by atoms with Crippen LogP contribution in [0.4, 0.5) is 11.5 Å². The SMILES string of the molecule is Cc1nn(Cc2cccc([N+](=O)[O-])c2)c(N)c1I. The summed E-state index contributed by atoms with van der Waals surface area (Å²) in [6, 6.07) is 6.47. The molecule has 0 fully saturated rings. The summed E-state index contributed by atoms with van der Waals surface area (Å²) in [4.78, 5) is 10.3. The Labute approximate surface area is 117 Å². The second kappa shape index (κ2) is 4.92. The van der Waals surface area contributed by atoms with Gasteiger partial charge in [-0.2, -0.15) is 5.10 Å². The van der Waals surface area contributed by atoms with Gasteiger partial charge in [0.15, 0.2) is 0 Å². The molecule has 1 aromatic heterocycles. The van der Waals surface area contributed by atoms with Crippen molar-refractivity contribution in [3.63, 3.8) is 0 Å². The first-order chi connectivity index (χ1) is 8.49. The molecule has 0 aliphatic heterocycles. The fraction of sp³-hybridized carbons (Fsp3) is 0.182. The van der Waals surface area contributed by atoms with Crippen LogP contribution in [0.5, 0.6) is 0 Å². The molecule has 1 heterocycles. The van der Waals surface area contributed by atoms with E-state index < -0.39 is 4.92 Å². The van der Waals surface area contributed by atoms with E-state index in [0.29, 0.717) is 12.4 Å². The Kier molecular flexibility index (Phi) is 3.50. The maximum atomic E-state index is 10.7. The van der Waals surface area contributed by atoms with Crippen LogP contribution in [0, 0.1) is 20.6 Å². The van der Waals surface area contributed by atoms with Crippen molar-refractivity contribution in [2.75, 3.05) is 5.73 Å². The second-order valence-electron chi connectivity index (χ2n) is 3.87. The Hall–Kier alpha value is -1.64. The number of nitro benzene ring substituents is 1. The number of hydrogen-bond acceptors (Lipinski definition) is 4. The van der Waals surface area contributed by atoms with Crippen molar-refractivity contribution in [1.29, 1.82) is 0 Å². The second-order valence-corrected chi connectivity index (χ2v) is 4.95. The molecule has 2 N–H and O–H groups in total. The Morgan fingerprint density at radius 3 is 2.83 bits per heavy atom. The van der Waals surface area contributed by atoms with Crippen LogP contribution < -0.4 is 5.73 Å². The summed E-state index contributed by atoms with van der Waals surface area (Å²) in [5, 5.41) is 15.0. The number of rotatable bonds is 3. The molecule has 0 unspecified atom stereocenters. The van der Waals surface area contributed by atoms with Crippen molar-refractivity contribution in [3.8, 4) is 0 Å². The number of non-ortho nitro benzene ring substituents is 1. The van der Waals surface area contributed by atoms with Gasteiger partial charge in [0, 0.05) is 12.1 Å². The summed E-state index contributed by atoms with van der Waals surface area (Å²) >= 11 is 2.13. The van der Waals surface area contributed by atoms with Crippen LogP contribution >= 0.6 is 22.6 Å². The highest BCUT2D eigenvalue weighted by Crippen LogP contribution is 2.20. The number of aromatic nitrogens is 2. The fourth-order valence-electron chi connectivity index (χ4n) is 1.64. The number of benzene rings is 1. The van der Waals surface area contributed by atoms with Crippen molar-refractivity contribution in [2.24, 2.45) is 0 Å². The minimum atomic E-state index is -0.412. The zero-order valence-electron chi connectivity index (χ0n) is 9.63. The van der Waals surface area contributed by atoms with E-state index in [2.05, 4.69) is 27.7 Å². The first-order valence-electron chi connectivity index (χ1n) is 5.20. The smallest absolute Gasteiger partial charge is 0.269 e. The highest BCUT2D eigenvalue weighted by atomic mass is 127. The van der Waals surface area contributed by atoms with E-state index in [-0.39, 0.29) is 5.69 Å². The quantitative estimate of drug-likeness (QED) is 0.518. The van der Waals surface area contributed by atoms with Crippen LogP contribution in [0.3, 0.4) is 0 Å². The van der Waals surface area contributed by atoms with Gasteiger partial charge in [-0.25, -0.2) is 4.68 Å². The predicted octanol–water partition coefficient (Wildman–Crippen LogP) is 2.33. The first kappa shape index (κ1) is 12.8. The molecule has 0 saturated carbocycles. The van der Waals surface area contributed by atoms with Gasteiger partial charge in [0.25, 0.3) is 5.69 Å². The van der Waals surface area contributed by atoms with E-state index in [4.69, 9.17) is 5.73 Å². The van der Waals surface area contributed by atoms with Crippen LogP contribution in [-0.2, 0) is 6.54 Å². The molecular formula is C11H11IN4O2. The fourth-order valence-corrected chi connectivity index (χ4v) is 2.03. The molecule has 0 atom stereocenters. The summed E-state index contributed by atoms with van der Waals surface area (Å²) in [6.07, 6.45) is 0. The third kappa shape index (κ3) is 2.45. The molecule has 0 amide bonds. The third-order valence-corrected chi connectivity index (χ3v) is 3.88. The lowest BCUT2D eigenvalue weighted by Gasteiger charge is -2.04. The van der Waals surface area contributed by atoms with Gasteiger partial charge in [0.1, 0.15) is 5.82 Å². The Morgan fingerprint density at radius 1 is 1.56 bits per heavy atom. The van der Waals surface area contributed by atoms with Crippen molar-refractivity contribution in [2.45, 2.75) is 13.5 Å². The van der Waals surface area contributed by atoms with E-state index in [9.17, 15) is 10.1 Å². The van der Waals surface area contributed by atoms with Gasteiger partial charge in [-0.3, -0.25) is 10.1 Å². The maximum Gasteiger partial charge on any atom is 0.269 e. The first-order valence-corrected chi connectivity index (χ1v) is 6.28. The van der Waals surface area contributed by atoms with Gasteiger partial charge in [-0.15, -0.1) is 0 Å². The topological polar surface area (TPSA) is 87.0 Å².